The number of aromatic nitrogens is 2. The van der Waals surface area contributed by atoms with Gasteiger partial charge in [0.15, 0.2) is 5.13 Å². The molecule has 0 unspecified atom stereocenters. The fourth-order valence-electron chi connectivity index (χ4n) is 2.13. The van der Waals surface area contributed by atoms with Crippen molar-refractivity contribution in [3.05, 3.63) is 58.7 Å². The number of aliphatic hydroxyl groups is 1. The SMILES string of the molecule is Cc1csc(Nc2cc(Oc3cccc(CO)c3C)ccn2)n1.Cl. The van der Waals surface area contributed by atoms with Crippen molar-refractivity contribution in [2.45, 2.75) is 20.5 Å². The number of pyridine rings is 1. The van der Waals surface area contributed by atoms with E-state index in [9.17, 15) is 5.11 Å². The molecular weight excluding hydrogens is 346 g/mol. The Hall–Kier alpha value is -2.15. The van der Waals surface area contributed by atoms with Gasteiger partial charge in [-0.15, -0.1) is 23.7 Å². The van der Waals surface area contributed by atoms with E-state index >= 15 is 0 Å². The van der Waals surface area contributed by atoms with Crippen molar-refractivity contribution in [3.63, 3.8) is 0 Å². The maximum absolute atomic E-state index is 9.34. The van der Waals surface area contributed by atoms with Crippen LogP contribution in [0.25, 0.3) is 0 Å². The van der Waals surface area contributed by atoms with E-state index in [1.165, 1.54) is 11.3 Å². The van der Waals surface area contributed by atoms with Crippen LogP contribution >= 0.6 is 23.7 Å². The molecule has 2 aromatic heterocycles. The Balaban J connectivity index is 0.00000208. The average Bonchev–Trinajstić information content (AvgIpc) is 2.95. The number of aliphatic hydroxyl groups excluding tert-OH is 1. The number of benzene rings is 1. The smallest absolute Gasteiger partial charge is 0.188 e. The Morgan fingerprint density at radius 1 is 1.25 bits per heavy atom. The maximum atomic E-state index is 9.34. The number of rotatable bonds is 5. The van der Waals surface area contributed by atoms with Gasteiger partial charge in [-0.05, 0) is 37.1 Å². The molecule has 2 N–H and O–H groups in total. The molecule has 24 heavy (non-hydrogen) atoms. The van der Waals surface area contributed by atoms with Crippen LogP contribution in [0.5, 0.6) is 11.5 Å². The minimum Gasteiger partial charge on any atom is -0.457 e. The minimum absolute atomic E-state index is 0. The second kappa shape index (κ2) is 8.10. The molecule has 5 nitrogen and oxygen atoms in total. The van der Waals surface area contributed by atoms with Crippen LogP contribution in [0.3, 0.4) is 0 Å². The molecule has 3 aromatic rings. The molecule has 2 heterocycles. The molecule has 0 saturated carbocycles. The summed E-state index contributed by atoms with van der Waals surface area (Å²) < 4.78 is 5.93. The highest BCUT2D eigenvalue weighted by Gasteiger charge is 2.07. The summed E-state index contributed by atoms with van der Waals surface area (Å²) in [6.45, 7) is 3.88. The zero-order valence-corrected chi connectivity index (χ0v) is 14.9. The van der Waals surface area contributed by atoms with Crippen molar-refractivity contribution in [2.75, 3.05) is 5.32 Å². The summed E-state index contributed by atoms with van der Waals surface area (Å²) in [7, 11) is 0. The fourth-order valence-corrected chi connectivity index (χ4v) is 2.83. The molecule has 0 radical (unpaired) electrons. The Morgan fingerprint density at radius 2 is 2.08 bits per heavy atom. The van der Waals surface area contributed by atoms with E-state index in [1.54, 1.807) is 12.3 Å². The molecule has 0 amide bonds. The first-order chi connectivity index (χ1) is 11.2. The second-order valence-corrected chi connectivity index (χ2v) is 5.95. The summed E-state index contributed by atoms with van der Waals surface area (Å²) in [5, 5.41) is 15.3. The van der Waals surface area contributed by atoms with Crippen molar-refractivity contribution >= 4 is 34.7 Å². The van der Waals surface area contributed by atoms with E-state index in [2.05, 4.69) is 15.3 Å². The van der Waals surface area contributed by atoms with Crippen molar-refractivity contribution in [1.82, 2.24) is 9.97 Å². The van der Waals surface area contributed by atoms with Gasteiger partial charge in [0.05, 0.1) is 12.3 Å². The third kappa shape index (κ3) is 4.23. The number of thiazole rings is 1. The minimum atomic E-state index is -0.00438. The largest absolute Gasteiger partial charge is 0.457 e. The zero-order valence-electron chi connectivity index (χ0n) is 13.3. The lowest BCUT2D eigenvalue weighted by Gasteiger charge is -2.12. The number of nitrogens with zero attached hydrogens (tertiary/aromatic N) is 2. The third-order valence-corrected chi connectivity index (χ3v) is 4.26. The van der Waals surface area contributed by atoms with E-state index in [4.69, 9.17) is 4.74 Å². The number of ether oxygens (including phenoxy) is 1. The topological polar surface area (TPSA) is 67.3 Å². The van der Waals surface area contributed by atoms with Crippen molar-refractivity contribution in [3.8, 4) is 11.5 Å². The third-order valence-electron chi connectivity index (χ3n) is 3.38. The summed E-state index contributed by atoms with van der Waals surface area (Å²) in [5.41, 5.74) is 2.76. The lowest BCUT2D eigenvalue weighted by Crippen LogP contribution is -1.96. The average molecular weight is 364 g/mol. The molecular formula is C17H18ClN3O2S. The van der Waals surface area contributed by atoms with Crippen LogP contribution in [0, 0.1) is 13.8 Å². The van der Waals surface area contributed by atoms with Crippen LogP contribution in [0.1, 0.15) is 16.8 Å². The highest BCUT2D eigenvalue weighted by molar-refractivity contribution is 7.13. The van der Waals surface area contributed by atoms with E-state index in [1.807, 2.05) is 43.5 Å². The Bertz CT molecular complexity index is 823. The van der Waals surface area contributed by atoms with Gasteiger partial charge in [-0.25, -0.2) is 9.97 Å². The molecule has 7 heteroatoms. The van der Waals surface area contributed by atoms with Gasteiger partial charge in [0, 0.05) is 17.6 Å². The molecule has 0 aliphatic heterocycles. The molecule has 0 saturated heterocycles. The summed E-state index contributed by atoms with van der Waals surface area (Å²) in [6.07, 6.45) is 1.68. The first-order valence-electron chi connectivity index (χ1n) is 7.18. The molecule has 0 aliphatic carbocycles. The van der Waals surface area contributed by atoms with Gasteiger partial charge < -0.3 is 15.2 Å². The predicted octanol–water partition coefficient (Wildman–Crippen LogP) is 4.60. The number of anilines is 2. The molecule has 0 atom stereocenters. The summed E-state index contributed by atoms with van der Waals surface area (Å²) in [4.78, 5) is 8.63. The highest BCUT2D eigenvalue weighted by Crippen LogP contribution is 2.29. The molecule has 1 aromatic carbocycles. The highest BCUT2D eigenvalue weighted by atomic mass is 35.5. The van der Waals surface area contributed by atoms with Gasteiger partial charge in [-0.1, -0.05) is 12.1 Å². The van der Waals surface area contributed by atoms with Gasteiger partial charge in [0.25, 0.3) is 0 Å². The van der Waals surface area contributed by atoms with Crippen LogP contribution in [-0.2, 0) is 6.61 Å². The first-order valence-corrected chi connectivity index (χ1v) is 8.06. The summed E-state index contributed by atoms with van der Waals surface area (Å²) in [6, 6.07) is 9.25. The lowest BCUT2D eigenvalue weighted by molar-refractivity contribution is 0.280. The van der Waals surface area contributed by atoms with Crippen LogP contribution in [0.15, 0.2) is 41.9 Å². The van der Waals surface area contributed by atoms with Crippen LogP contribution in [0.2, 0.25) is 0 Å². The fraction of sp³-hybridized carbons (Fsp3) is 0.176. The van der Waals surface area contributed by atoms with Gasteiger partial charge in [-0.3, -0.25) is 0 Å². The van der Waals surface area contributed by atoms with Crippen LogP contribution in [0.4, 0.5) is 10.9 Å². The van der Waals surface area contributed by atoms with Crippen molar-refractivity contribution in [2.24, 2.45) is 0 Å². The lowest BCUT2D eigenvalue weighted by atomic mass is 10.1. The first kappa shape index (κ1) is 18.2. The van der Waals surface area contributed by atoms with Crippen LogP contribution < -0.4 is 10.1 Å². The van der Waals surface area contributed by atoms with Gasteiger partial charge >= 0.3 is 0 Å². The molecule has 0 aliphatic rings. The molecule has 0 bridgehead atoms. The van der Waals surface area contributed by atoms with E-state index in [0.717, 1.165) is 27.7 Å². The quantitative estimate of drug-likeness (QED) is 0.693. The predicted molar refractivity (Wildman–Crippen MR) is 98.8 cm³/mol. The standard InChI is InChI=1S/C17H17N3O2S.ClH/c1-11-10-23-17(19-11)20-16-8-14(6-7-18-16)22-15-5-3-4-13(9-21)12(15)2;/h3-8,10,21H,9H2,1-2H3,(H,18,19,20);1H. The van der Waals surface area contributed by atoms with Gasteiger partial charge in [0.2, 0.25) is 0 Å². The van der Waals surface area contributed by atoms with E-state index in [-0.39, 0.29) is 19.0 Å². The summed E-state index contributed by atoms with van der Waals surface area (Å²) in [5.74, 6) is 2.07. The van der Waals surface area contributed by atoms with Gasteiger partial charge in [-0.2, -0.15) is 0 Å². The van der Waals surface area contributed by atoms with Crippen LogP contribution in [-0.4, -0.2) is 15.1 Å². The Morgan fingerprint density at radius 3 is 2.79 bits per heavy atom. The number of halogens is 1. The summed E-state index contributed by atoms with van der Waals surface area (Å²) >= 11 is 1.53. The number of nitrogens with one attached hydrogen (secondary N) is 1. The number of aryl methyl sites for hydroxylation is 1. The van der Waals surface area contributed by atoms with E-state index in [0.29, 0.717) is 11.6 Å². The van der Waals surface area contributed by atoms with Crippen molar-refractivity contribution in [1.29, 1.82) is 0 Å². The molecule has 0 fully saturated rings. The number of hydrogen-bond acceptors (Lipinski definition) is 6. The Kier molecular flexibility index (Phi) is 6.14. The zero-order chi connectivity index (χ0) is 16.2. The van der Waals surface area contributed by atoms with Crippen molar-refractivity contribution < 1.29 is 9.84 Å². The normalized spacial score (nSPS) is 10.1. The molecule has 3 rings (SSSR count). The maximum Gasteiger partial charge on any atom is 0.188 e. The molecule has 0 spiro atoms. The monoisotopic (exact) mass is 363 g/mol. The van der Waals surface area contributed by atoms with E-state index < -0.39 is 0 Å². The number of hydrogen-bond donors (Lipinski definition) is 2. The second-order valence-electron chi connectivity index (χ2n) is 5.10. The Labute approximate surface area is 150 Å². The van der Waals surface area contributed by atoms with Gasteiger partial charge in [0.1, 0.15) is 17.3 Å². The molecule has 126 valence electrons.